The highest BCUT2D eigenvalue weighted by Crippen LogP contribution is 2.45. The van der Waals surface area contributed by atoms with Crippen LogP contribution in [0.3, 0.4) is 0 Å². The second-order valence-corrected chi connectivity index (χ2v) is 8.43. The van der Waals surface area contributed by atoms with Gasteiger partial charge in [0, 0.05) is 30.2 Å². The topological polar surface area (TPSA) is 132 Å². The van der Waals surface area contributed by atoms with Gasteiger partial charge in [-0.15, -0.1) is 0 Å². The van der Waals surface area contributed by atoms with Gasteiger partial charge in [-0.1, -0.05) is 24.3 Å². The van der Waals surface area contributed by atoms with Crippen LogP contribution >= 0.6 is 0 Å². The fraction of sp³-hybridized carbons (Fsp3) is 0.200. The Morgan fingerprint density at radius 2 is 1.77 bits per heavy atom. The second-order valence-electron chi connectivity index (χ2n) is 8.43. The minimum atomic E-state index is -0.545. The van der Waals surface area contributed by atoms with Crippen molar-refractivity contribution >= 4 is 29.1 Å². The fourth-order valence-corrected chi connectivity index (χ4v) is 4.77. The molecule has 0 N–H and O–H groups in total. The van der Waals surface area contributed by atoms with Crippen molar-refractivity contribution in [1.82, 2.24) is 5.01 Å². The molecule has 1 aromatic heterocycles. The molecule has 0 unspecified atom stereocenters. The van der Waals surface area contributed by atoms with E-state index in [9.17, 15) is 25.0 Å². The third-order valence-electron chi connectivity index (χ3n) is 6.29. The number of carbonyl (C=O) groups excluding carboxylic acids is 1. The predicted octanol–water partition coefficient (Wildman–Crippen LogP) is 5.53. The highest BCUT2D eigenvalue weighted by Gasteiger charge is 2.44. The van der Waals surface area contributed by atoms with Crippen LogP contribution in [-0.2, 0) is 0 Å². The monoisotopic (exact) mass is 472 g/mol. The third kappa shape index (κ3) is 4.21. The quantitative estimate of drug-likeness (QED) is 0.354. The van der Waals surface area contributed by atoms with Crippen LogP contribution in [0.1, 0.15) is 47.0 Å². The second kappa shape index (κ2) is 8.98. The van der Waals surface area contributed by atoms with Crippen molar-refractivity contribution in [1.29, 1.82) is 0 Å². The third-order valence-corrected chi connectivity index (χ3v) is 6.29. The summed E-state index contributed by atoms with van der Waals surface area (Å²) in [6.45, 7) is 0. The molecule has 35 heavy (non-hydrogen) atoms. The maximum Gasteiger partial charge on any atom is 0.310 e. The molecule has 1 aliphatic heterocycles. The Bertz CT molecular complexity index is 1380. The van der Waals surface area contributed by atoms with E-state index in [1.807, 2.05) is 6.08 Å². The van der Waals surface area contributed by atoms with Gasteiger partial charge in [-0.3, -0.25) is 25.0 Å². The molecule has 0 radical (unpaired) electrons. The van der Waals surface area contributed by atoms with Gasteiger partial charge in [0.05, 0.1) is 27.9 Å². The van der Waals surface area contributed by atoms with Crippen LogP contribution in [0, 0.1) is 26.1 Å². The zero-order valence-electron chi connectivity index (χ0n) is 18.4. The van der Waals surface area contributed by atoms with Crippen LogP contribution in [0.4, 0.5) is 11.4 Å². The Kier molecular flexibility index (Phi) is 5.69. The average molecular weight is 472 g/mol. The van der Waals surface area contributed by atoms with Crippen molar-refractivity contribution in [2.75, 3.05) is 0 Å². The number of carbonyl (C=O) groups is 1. The van der Waals surface area contributed by atoms with E-state index in [0.29, 0.717) is 23.3 Å². The minimum absolute atomic E-state index is 0.0100. The molecule has 2 heterocycles. The minimum Gasteiger partial charge on any atom is -0.459 e. The highest BCUT2D eigenvalue weighted by molar-refractivity contribution is 6.09. The van der Waals surface area contributed by atoms with Gasteiger partial charge in [-0.2, -0.15) is 5.10 Å². The number of hydrogen-bond acceptors (Lipinski definition) is 7. The van der Waals surface area contributed by atoms with Gasteiger partial charge in [0.15, 0.2) is 5.76 Å². The number of furan rings is 1. The summed E-state index contributed by atoms with van der Waals surface area (Å²) in [5.74, 6) is -0.509. The van der Waals surface area contributed by atoms with Crippen LogP contribution in [0.2, 0.25) is 0 Å². The summed E-state index contributed by atoms with van der Waals surface area (Å²) in [5.41, 5.74) is 2.79. The van der Waals surface area contributed by atoms with Crippen molar-refractivity contribution in [3.8, 4) is 0 Å². The molecule has 2 aliphatic rings. The zero-order chi connectivity index (χ0) is 24.5. The molecule has 2 atom stereocenters. The van der Waals surface area contributed by atoms with Gasteiger partial charge in [0.25, 0.3) is 11.4 Å². The zero-order valence-corrected chi connectivity index (χ0v) is 18.4. The highest BCUT2D eigenvalue weighted by atomic mass is 16.6. The van der Waals surface area contributed by atoms with Crippen LogP contribution in [0.25, 0.3) is 6.08 Å². The Morgan fingerprint density at radius 3 is 2.49 bits per heavy atom. The van der Waals surface area contributed by atoms with Gasteiger partial charge in [-0.05, 0) is 54.2 Å². The van der Waals surface area contributed by atoms with E-state index >= 15 is 0 Å². The summed E-state index contributed by atoms with van der Waals surface area (Å²) >= 11 is 0. The number of fused-ring (bicyclic) bond motifs is 1. The molecule has 0 spiro atoms. The van der Waals surface area contributed by atoms with E-state index in [-0.39, 0.29) is 23.1 Å². The molecule has 1 saturated carbocycles. The lowest BCUT2D eigenvalue weighted by Gasteiger charge is -2.29. The first-order valence-corrected chi connectivity index (χ1v) is 11.1. The van der Waals surface area contributed by atoms with E-state index in [2.05, 4.69) is 0 Å². The Labute approximate surface area is 199 Å². The smallest absolute Gasteiger partial charge is 0.310 e. The van der Waals surface area contributed by atoms with Crippen molar-refractivity contribution < 1.29 is 19.1 Å². The molecule has 1 fully saturated rings. The first kappa shape index (κ1) is 22.2. The summed E-state index contributed by atoms with van der Waals surface area (Å²) in [6.07, 6.45) is 5.52. The Morgan fingerprint density at radius 1 is 1.03 bits per heavy atom. The fourth-order valence-electron chi connectivity index (χ4n) is 4.77. The van der Waals surface area contributed by atoms with E-state index in [1.165, 1.54) is 35.5 Å². The molecule has 0 bridgehead atoms. The number of benzene rings is 2. The summed E-state index contributed by atoms with van der Waals surface area (Å²) in [4.78, 5) is 35.0. The standard InChI is InChI=1S/C25H20N4O6/c30-25(22-11-4-12-35-22)27-24(18-7-2-9-20(15-18)29(33)34)21-10-3-6-17(23(21)26-27)13-16-5-1-8-19(14-16)28(31)32/h1-2,4-5,7-9,11-15,21,24H,3,6,10H2/b17-13+/t21-,24-/m0/s1. The van der Waals surface area contributed by atoms with E-state index in [0.717, 1.165) is 18.4 Å². The maximum absolute atomic E-state index is 13.3. The molecule has 10 heteroatoms. The molecule has 10 nitrogen and oxygen atoms in total. The average Bonchev–Trinajstić information content (AvgIpc) is 3.53. The van der Waals surface area contributed by atoms with E-state index in [1.54, 1.807) is 36.4 Å². The Hall–Kier alpha value is -4.60. The molecule has 1 amide bonds. The normalized spacial score (nSPS) is 20.4. The van der Waals surface area contributed by atoms with Crippen LogP contribution in [-0.4, -0.2) is 26.5 Å². The van der Waals surface area contributed by atoms with Gasteiger partial charge in [0.1, 0.15) is 0 Å². The van der Waals surface area contributed by atoms with Crippen LogP contribution in [0.5, 0.6) is 0 Å². The van der Waals surface area contributed by atoms with Crippen molar-refractivity contribution in [2.24, 2.45) is 11.0 Å². The Balaban J connectivity index is 1.59. The number of non-ortho nitro benzene ring substituents is 2. The summed E-state index contributed by atoms with van der Waals surface area (Å²) in [5, 5.41) is 28.7. The molecular formula is C25H20N4O6. The largest absolute Gasteiger partial charge is 0.459 e. The first-order chi connectivity index (χ1) is 16.9. The van der Waals surface area contributed by atoms with Crippen molar-refractivity contribution in [3.63, 3.8) is 0 Å². The van der Waals surface area contributed by atoms with Gasteiger partial charge in [-0.25, -0.2) is 5.01 Å². The van der Waals surface area contributed by atoms with Crippen LogP contribution < -0.4 is 0 Å². The molecule has 3 aromatic rings. The summed E-state index contributed by atoms with van der Waals surface area (Å²) < 4.78 is 5.32. The summed E-state index contributed by atoms with van der Waals surface area (Å²) in [7, 11) is 0. The molecular weight excluding hydrogens is 452 g/mol. The number of rotatable bonds is 5. The van der Waals surface area contributed by atoms with Gasteiger partial charge in [0.2, 0.25) is 0 Å². The number of allylic oxidation sites excluding steroid dienone is 1. The lowest BCUT2D eigenvalue weighted by molar-refractivity contribution is -0.385. The number of nitrogens with zero attached hydrogens (tertiary/aromatic N) is 4. The van der Waals surface area contributed by atoms with Crippen LogP contribution in [0.15, 0.2) is 82.0 Å². The number of nitro benzene ring substituents is 2. The predicted molar refractivity (Wildman–Crippen MR) is 127 cm³/mol. The lowest BCUT2D eigenvalue weighted by atomic mass is 9.77. The molecule has 1 aliphatic carbocycles. The lowest BCUT2D eigenvalue weighted by Crippen LogP contribution is -2.31. The SMILES string of the molecule is O=C(c1ccco1)N1N=C2/C(=C/c3cccc([N+](=O)[O-])c3)CCC[C@@H]2[C@@H]1c1cccc([N+](=O)[O-])c1. The molecule has 0 saturated heterocycles. The number of hydrazone groups is 1. The van der Waals surface area contributed by atoms with Crippen molar-refractivity contribution in [3.05, 3.63) is 110 Å². The van der Waals surface area contributed by atoms with E-state index < -0.39 is 21.8 Å². The van der Waals surface area contributed by atoms with E-state index in [4.69, 9.17) is 9.52 Å². The number of hydrogen-bond donors (Lipinski definition) is 0. The molecule has 176 valence electrons. The van der Waals surface area contributed by atoms with Crippen molar-refractivity contribution in [2.45, 2.75) is 25.3 Å². The molecule has 2 aromatic carbocycles. The number of nitro groups is 2. The van der Waals surface area contributed by atoms with Gasteiger partial charge < -0.3 is 4.42 Å². The number of amides is 1. The molecule has 5 rings (SSSR count). The van der Waals surface area contributed by atoms with Gasteiger partial charge >= 0.3 is 5.91 Å². The maximum atomic E-state index is 13.3. The first-order valence-electron chi connectivity index (χ1n) is 11.1. The summed E-state index contributed by atoms with van der Waals surface area (Å²) in [6, 6.07) is 15.2.